The van der Waals surface area contributed by atoms with Crippen molar-refractivity contribution in [2.45, 2.75) is 33.0 Å². The molecule has 0 aliphatic rings. The van der Waals surface area contributed by atoms with Crippen LogP contribution in [0.25, 0.3) is 0 Å². The highest BCUT2D eigenvalue weighted by Gasteiger charge is 2.28. The molecule has 26 heavy (non-hydrogen) atoms. The maximum Gasteiger partial charge on any atom is 0.401 e. The summed E-state index contributed by atoms with van der Waals surface area (Å²) in [6.07, 6.45) is -3.61. The van der Waals surface area contributed by atoms with E-state index in [9.17, 15) is 17.6 Å². The molecule has 0 saturated heterocycles. The van der Waals surface area contributed by atoms with Gasteiger partial charge < -0.3 is 10.6 Å². The van der Waals surface area contributed by atoms with Gasteiger partial charge >= 0.3 is 6.18 Å². The Labute approximate surface area is 169 Å². The first-order chi connectivity index (χ1) is 11.7. The van der Waals surface area contributed by atoms with E-state index in [4.69, 9.17) is 0 Å². The van der Waals surface area contributed by atoms with Gasteiger partial charge in [0.15, 0.2) is 5.96 Å². The van der Waals surface area contributed by atoms with Crippen molar-refractivity contribution in [3.63, 3.8) is 0 Å². The molecular formula is C17H27F4IN4. The van der Waals surface area contributed by atoms with Crippen LogP contribution in [-0.2, 0) is 6.54 Å². The molecule has 0 saturated carbocycles. The van der Waals surface area contributed by atoms with Crippen LogP contribution in [0.5, 0.6) is 0 Å². The molecule has 0 aliphatic heterocycles. The lowest BCUT2D eigenvalue weighted by Crippen LogP contribution is -2.39. The third kappa shape index (κ3) is 10.8. The summed E-state index contributed by atoms with van der Waals surface area (Å²) >= 11 is 0. The van der Waals surface area contributed by atoms with Crippen LogP contribution in [0.15, 0.2) is 23.2 Å². The summed E-state index contributed by atoms with van der Waals surface area (Å²) in [6.45, 7) is 4.62. The number of benzene rings is 1. The van der Waals surface area contributed by atoms with Crippen molar-refractivity contribution in [1.29, 1.82) is 0 Å². The first-order valence-electron chi connectivity index (χ1n) is 8.23. The topological polar surface area (TPSA) is 39.7 Å². The highest BCUT2D eigenvalue weighted by Crippen LogP contribution is 2.15. The Balaban J connectivity index is 0.00000625. The smallest absolute Gasteiger partial charge is 0.357 e. The number of nitrogens with one attached hydrogen (secondary N) is 2. The van der Waals surface area contributed by atoms with Gasteiger partial charge in [0.1, 0.15) is 5.82 Å². The Bertz CT molecular complexity index is 564. The minimum absolute atomic E-state index is 0. The Morgan fingerprint density at radius 3 is 2.50 bits per heavy atom. The van der Waals surface area contributed by atoms with E-state index in [2.05, 4.69) is 15.6 Å². The van der Waals surface area contributed by atoms with Crippen molar-refractivity contribution in [3.8, 4) is 0 Å². The molecule has 4 nitrogen and oxygen atoms in total. The van der Waals surface area contributed by atoms with E-state index >= 15 is 0 Å². The Morgan fingerprint density at radius 2 is 1.92 bits per heavy atom. The van der Waals surface area contributed by atoms with Crippen LogP contribution in [0, 0.1) is 12.7 Å². The van der Waals surface area contributed by atoms with Gasteiger partial charge in [0.05, 0.1) is 13.1 Å². The van der Waals surface area contributed by atoms with Gasteiger partial charge in [-0.2, -0.15) is 13.2 Å². The molecule has 1 aromatic carbocycles. The van der Waals surface area contributed by atoms with Crippen molar-refractivity contribution >= 4 is 29.9 Å². The summed E-state index contributed by atoms with van der Waals surface area (Å²) in [5.74, 6) is 0.337. The maximum absolute atomic E-state index is 13.3. The van der Waals surface area contributed by atoms with Gasteiger partial charge in [-0.05, 0) is 51.1 Å². The monoisotopic (exact) mass is 490 g/mol. The molecule has 150 valence electrons. The highest BCUT2D eigenvalue weighted by atomic mass is 127. The SMILES string of the molecule is CCNC(=NCc1ccc(F)c(C)c1)NCCCN(C)CC(F)(F)F.I. The van der Waals surface area contributed by atoms with E-state index in [1.165, 1.54) is 18.0 Å². The minimum atomic E-state index is -4.17. The van der Waals surface area contributed by atoms with Gasteiger partial charge in [0.2, 0.25) is 0 Å². The third-order valence-corrected chi connectivity index (χ3v) is 3.44. The fourth-order valence-corrected chi connectivity index (χ4v) is 2.26. The van der Waals surface area contributed by atoms with E-state index in [0.717, 1.165) is 5.56 Å². The second-order valence-electron chi connectivity index (χ2n) is 5.91. The predicted molar refractivity (Wildman–Crippen MR) is 108 cm³/mol. The third-order valence-electron chi connectivity index (χ3n) is 3.44. The maximum atomic E-state index is 13.3. The fourth-order valence-electron chi connectivity index (χ4n) is 2.26. The van der Waals surface area contributed by atoms with Crippen LogP contribution < -0.4 is 10.6 Å². The van der Waals surface area contributed by atoms with Crippen LogP contribution >= 0.6 is 24.0 Å². The molecule has 0 unspecified atom stereocenters. The van der Waals surface area contributed by atoms with Crippen LogP contribution in [0.3, 0.4) is 0 Å². The van der Waals surface area contributed by atoms with Crippen LogP contribution in [-0.4, -0.2) is 50.3 Å². The number of guanidine groups is 1. The van der Waals surface area contributed by atoms with Crippen molar-refractivity contribution in [3.05, 3.63) is 35.1 Å². The van der Waals surface area contributed by atoms with Crippen LogP contribution in [0.4, 0.5) is 17.6 Å². The zero-order valence-electron chi connectivity index (χ0n) is 15.3. The van der Waals surface area contributed by atoms with Gasteiger partial charge in [-0.15, -0.1) is 24.0 Å². The average Bonchev–Trinajstić information content (AvgIpc) is 2.50. The van der Waals surface area contributed by atoms with E-state index in [1.54, 1.807) is 19.1 Å². The van der Waals surface area contributed by atoms with E-state index in [-0.39, 0.29) is 29.8 Å². The number of rotatable bonds is 8. The molecule has 9 heteroatoms. The first kappa shape index (κ1) is 24.9. The molecule has 0 aromatic heterocycles. The first-order valence-corrected chi connectivity index (χ1v) is 8.23. The quantitative estimate of drug-likeness (QED) is 0.192. The van der Waals surface area contributed by atoms with E-state index in [0.29, 0.717) is 44.1 Å². The van der Waals surface area contributed by atoms with Crippen LogP contribution in [0.1, 0.15) is 24.5 Å². The van der Waals surface area contributed by atoms with Crippen LogP contribution in [0.2, 0.25) is 0 Å². The highest BCUT2D eigenvalue weighted by molar-refractivity contribution is 14.0. The lowest BCUT2D eigenvalue weighted by atomic mass is 10.1. The second-order valence-corrected chi connectivity index (χ2v) is 5.91. The molecule has 0 amide bonds. The predicted octanol–water partition coefficient (Wildman–Crippen LogP) is 3.69. The van der Waals surface area contributed by atoms with Gasteiger partial charge in [-0.1, -0.05) is 12.1 Å². The Morgan fingerprint density at radius 1 is 1.23 bits per heavy atom. The van der Waals surface area contributed by atoms with Crippen molar-refractivity contribution in [2.75, 3.05) is 33.2 Å². The second kappa shape index (κ2) is 12.3. The zero-order valence-corrected chi connectivity index (χ0v) is 17.6. The van der Waals surface area contributed by atoms with Gasteiger partial charge in [0.25, 0.3) is 0 Å². The number of hydrogen-bond donors (Lipinski definition) is 2. The molecule has 0 radical (unpaired) electrons. The zero-order chi connectivity index (χ0) is 18.9. The molecule has 1 rings (SSSR count). The number of halogens is 5. The number of hydrogen-bond acceptors (Lipinski definition) is 2. The van der Waals surface area contributed by atoms with E-state index in [1.807, 2.05) is 6.92 Å². The molecule has 0 bridgehead atoms. The molecule has 0 atom stereocenters. The largest absolute Gasteiger partial charge is 0.401 e. The summed E-state index contributed by atoms with van der Waals surface area (Å²) in [7, 11) is 1.45. The number of aliphatic imine (C=N–C) groups is 1. The molecule has 0 spiro atoms. The normalized spacial score (nSPS) is 12.1. The molecule has 2 N–H and O–H groups in total. The van der Waals surface area contributed by atoms with Gasteiger partial charge in [-0.25, -0.2) is 9.38 Å². The lowest BCUT2D eigenvalue weighted by molar-refractivity contribution is -0.143. The Kier molecular flexibility index (Phi) is 11.8. The average molecular weight is 490 g/mol. The standard InChI is InChI=1S/C17H26F4N4.HI/c1-4-22-16(23-8-5-9-25(3)12-17(19,20)21)24-11-14-6-7-15(18)13(2)10-14;/h6-7,10H,4-5,8-9,11-12H2,1-3H3,(H2,22,23,24);1H. The summed E-state index contributed by atoms with van der Waals surface area (Å²) in [4.78, 5) is 5.65. The summed E-state index contributed by atoms with van der Waals surface area (Å²) in [5.41, 5.74) is 1.46. The number of alkyl halides is 3. The van der Waals surface area contributed by atoms with Gasteiger partial charge in [-0.3, -0.25) is 4.90 Å². The lowest BCUT2D eigenvalue weighted by Gasteiger charge is -2.19. The van der Waals surface area contributed by atoms with Crippen molar-refractivity contribution in [1.82, 2.24) is 15.5 Å². The number of nitrogens with zero attached hydrogens (tertiary/aromatic N) is 2. The number of aryl methyl sites for hydroxylation is 1. The van der Waals surface area contributed by atoms with Crippen molar-refractivity contribution < 1.29 is 17.6 Å². The molecule has 0 aliphatic carbocycles. The summed E-state index contributed by atoms with van der Waals surface area (Å²) < 4.78 is 50.0. The molecule has 0 fully saturated rings. The fraction of sp³-hybridized carbons (Fsp3) is 0.588. The Hall–Kier alpha value is -1.10. The molecule has 0 heterocycles. The van der Waals surface area contributed by atoms with E-state index < -0.39 is 12.7 Å². The van der Waals surface area contributed by atoms with Crippen molar-refractivity contribution in [2.24, 2.45) is 4.99 Å². The molecule has 1 aromatic rings. The summed E-state index contributed by atoms with van der Waals surface area (Å²) in [6, 6.07) is 4.84. The van der Waals surface area contributed by atoms with Gasteiger partial charge in [0, 0.05) is 13.1 Å². The minimum Gasteiger partial charge on any atom is -0.357 e. The summed E-state index contributed by atoms with van der Waals surface area (Å²) in [5, 5.41) is 6.17. The molecular weight excluding hydrogens is 463 g/mol.